The Morgan fingerprint density at radius 1 is 0.424 bits per heavy atom. The summed E-state index contributed by atoms with van der Waals surface area (Å²) < 4.78 is 7.34. The maximum Gasteiger partial charge on any atom is 0.0541 e. The topological polar surface area (TPSA) is 18.0 Å². The molecule has 4 heteroatoms. The third kappa shape index (κ3) is 5.23. The van der Waals surface area contributed by atoms with Gasteiger partial charge in [0, 0.05) is 84.1 Å². The van der Waals surface area contributed by atoms with E-state index in [0.717, 1.165) is 42.0 Å². The van der Waals surface area contributed by atoms with Crippen LogP contribution in [0.25, 0.3) is 72.8 Å². The first-order valence-electron chi connectivity index (χ1n) is 20.9. The van der Waals surface area contributed by atoms with Crippen molar-refractivity contribution in [1.29, 1.82) is 0 Å². The lowest BCUT2D eigenvalue weighted by molar-refractivity contribution is 0.723. The van der Waals surface area contributed by atoms with Crippen molar-refractivity contribution in [2.75, 3.05) is 4.90 Å². The number of hydrogen-bond donors (Lipinski definition) is 0. The second-order valence-corrected chi connectivity index (χ2v) is 16.1. The Hall–Kier alpha value is -7.30. The van der Waals surface area contributed by atoms with Crippen LogP contribution >= 0.6 is 0 Å². The number of para-hydroxylation sites is 4. The Morgan fingerprint density at radius 2 is 0.847 bits per heavy atom. The number of rotatable bonds is 6. The van der Waals surface area contributed by atoms with Gasteiger partial charge in [0.1, 0.15) is 0 Å². The third-order valence-electron chi connectivity index (χ3n) is 12.7. The first-order valence-corrected chi connectivity index (χ1v) is 20.9. The van der Waals surface area contributed by atoms with Crippen molar-refractivity contribution in [3.63, 3.8) is 0 Å². The van der Waals surface area contributed by atoms with Gasteiger partial charge in [-0.1, -0.05) is 104 Å². The van der Waals surface area contributed by atoms with Crippen LogP contribution in [0.3, 0.4) is 0 Å². The van der Waals surface area contributed by atoms with Gasteiger partial charge in [0.25, 0.3) is 0 Å². The molecule has 3 aromatic heterocycles. The molecular formula is C55H42N4. The Labute approximate surface area is 343 Å². The Balaban J connectivity index is 0.988. The second-order valence-electron chi connectivity index (χ2n) is 16.1. The minimum absolute atomic E-state index is 0.434. The normalized spacial score (nSPS) is 14.7. The smallest absolute Gasteiger partial charge is 0.0541 e. The van der Waals surface area contributed by atoms with Crippen LogP contribution in [0.1, 0.15) is 48.2 Å². The lowest BCUT2D eigenvalue weighted by atomic mass is 9.93. The van der Waals surface area contributed by atoms with Gasteiger partial charge in [0.05, 0.1) is 22.1 Å². The lowest BCUT2D eigenvalue weighted by Gasteiger charge is -2.27. The summed E-state index contributed by atoms with van der Waals surface area (Å²) in [7, 11) is 0. The Bertz CT molecular complexity index is 3240. The minimum Gasteiger partial charge on any atom is -0.313 e. The Morgan fingerprint density at radius 3 is 1.41 bits per heavy atom. The van der Waals surface area contributed by atoms with E-state index < -0.39 is 0 Å². The zero-order chi connectivity index (χ0) is 39.0. The molecule has 2 aliphatic rings. The maximum absolute atomic E-state index is 2.49. The van der Waals surface area contributed by atoms with Crippen molar-refractivity contribution in [3.05, 3.63) is 205 Å². The van der Waals surface area contributed by atoms with E-state index in [0.29, 0.717) is 5.92 Å². The van der Waals surface area contributed by atoms with Crippen molar-refractivity contribution >= 4 is 72.8 Å². The molecular weight excluding hydrogens is 717 g/mol. The summed E-state index contributed by atoms with van der Waals surface area (Å²) in [6, 6.07) is 62.5. The van der Waals surface area contributed by atoms with Crippen LogP contribution in [-0.4, -0.2) is 13.7 Å². The number of nitrogens with zero attached hydrogens (tertiary/aromatic N) is 4. The summed E-state index contributed by atoms with van der Waals surface area (Å²) in [5.41, 5.74) is 17.3. The van der Waals surface area contributed by atoms with E-state index in [4.69, 9.17) is 0 Å². The maximum atomic E-state index is 2.49. The average molecular weight is 759 g/mol. The van der Waals surface area contributed by atoms with Crippen molar-refractivity contribution < 1.29 is 0 Å². The van der Waals surface area contributed by atoms with Gasteiger partial charge in [0.15, 0.2) is 0 Å². The predicted molar refractivity (Wildman–Crippen MR) is 249 cm³/mol. The molecule has 0 saturated heterocycles. The molecule has 0 amide bonds. The van der Waals surface area contributed by atoms with E-state index in [1.807, 2.05) is 0 Å². The summed E-state index contributed by atoms with van der Waals surface area (Å²) >= 11 is 0. The van der Waals surface area contributed by atoms with Gasteiger partial charge in [0.2, 0.25) is 0 Å². The van der Waals surface area contributed by atoms with Crippen LogP contribution in [0.5, 0.6) is 0 Å². The fourth-order valence-corrected chi connectivity index (χ4v) is 10.1. The highest BCUT2D eigenvalue weighted by Crippen LogP contribution is 2.42. The second kappa shape index (κ2) is 13.4. The van der Waals surface area contributed by atoms with Crippen molar-refractivity contribution in [1.82, 2.24) is 13.7 Å². The van der Waals surface area contributed by atoms with Crippen LogP contribution in [0.2, 0.25) is 0 Å². The molecule has 0 saturated carbocycles. The molecule has 0 fully saturated rings. The quantitative estimate of drug-likeness (QED) is 0.165. The first-order chi connectivity index (χ1) is 29.2. The van der Waals surface area contributed by atoms with Gasteiger partial charge in [-0.25, -0.2) is 0 Å². The zero-order valence-corrected chi connectivity index (χ0v) is 33.0. The Kier molecular flexibility index (Phi) is 7.67. The first kappa shape index (κ1) is 33.8. The molecule has 10 aromatic rings. The minimum atomic E-state index is 0.434. The highest BCUT2D eigenvalue weighted by Gasteiger charge is 2.24. The number of benzene rings is 7. The van der Waals surface area contributed by atoms with Gasteiger partial charge in [-0.3, -0.25) is 0 Å². The fraction of sp³-hybridized carbons (Fsp3) is 0.0909. The molecule has 7 aromatic carbocycles. The summed E-state index contributed by atoms with van der Waals surface area (Å²) in [5.74, 6) is 0.434. The third-order valence-corrected chi connectivity index (χ3v) is 12.7. The number of hydrogen-bond acceptors (Lipinski definition) is 1. The highest BCUT2D eigenvalue weighted by molar-refractivity contribution is 6.09. The summed E-state index contributed by atoms with van der Waals surface area (Å²) in [6.07, 6.45) is 12.4. The van der Waals surface area contributed by atoms with Gasteiger partial charge < -0.3 is 18.6 Å². The van der Waals surface area contributed by atoms with Gasteiger partial charge in [-0.05, 0) is 116 Å². The van der Waals surface area contributed by atoms with E-state index >= 15 is 0 Å². The van der Waals surface area contributed by atoms with E-state index in [-0.39, 0.29) is 0 Å². The number of fused-ring (bicyclic) bond motifs is 9. The molecule has 282 valence electrons. The van der Waals surface area contributed by atoms with E-state index in [2.05, 4.69) is 220 Å². The zero-order valence-electron chi connectivity index (χ0n) is 33.0. The van der Waals surface area contributed by atoms with Crippen LogP contribution in [0, 0.1) is 0 Å². The SMILES string of the molecule is CC1CC=Cc2c1n(-c1ccc(N(c3ccc(-n4c5c(c6ccccc64)C=CCC5)cc3)c3ccc(-n4c5ccccc5c5ccccc54)cc3)cc1)c1ccccc21. The number of anilines is 3. The van der Waals surface area contributed by atoms with Crippen LogP contribution in [-0.2, 0) is 6.42 Å². The highest BCUT2D eigenvalue weighted by atomic mass is 15.1. The fourth-order valence-electron chi connectivity index (χ4n) is 10.1. The molecule has 59 heavy (non-hydrogen) atoms. The molecule has 0 N–H and O–H groups in total. The molecule has 2 aliphatic carbocycles. The standard InChI is InChI=1S/C55H42N4/c1-37-13-12-19-49-48-18-6-11-24-54(48)59(55(37)49)43-35-29-40(30-36-43)56(38-25-31-41(32-26-38)57-50-20-7-2-14-44(50)45-15-3-8-21-51(45)57)39-27-33-42(34-28-39)58-52-22-9-4-16-46(52)47-17-5-10-23-53(47)58/h2-9,11-12,14-22,24-37H,10,13,23H2,1H3. The molecule has 0 bridgehead atoms. The molecule has 1 unspecified atom stereocenters. The van der Waals surface area contributed by atoms with Crippen molar-refractivity contribution in [3.8, 4) is 17.1 Å². The molecule has 0 radical (unpaired) electrons. The van der Waals surface area contributed by atoms with Crippen LogP contribution in [0.4, 0.5) is 17.1 Å². The van der Waals surface area contributed by atoms with Crippen LogP contribution < -0.4 is 4.90 Å². The molecule has 1 atom stereocenters. The van der Waals surface area contributed by atoms with Crippen molar-refractivity contribution in [2.24, 2.45) is 0 Å². The van der Waals surface area contributed by atoms with E-state index in [1.165, 1.54) is 77.5 Å². The molecule has 4 nitrogen and oxygen atoms in total. The number of allylic oxidation sites excluding steroid dienone is 2. The molecule has 12 rings (SSSR count). The lowest BCUT2D eigenvalue weighted by Crippen LogP contribution is -2.11. The number of aromatic nitrogens is 3. The molecule has 0 aliphatic heterocycles. The summed E-state index contributed by atoms with van der Waals surface area (Å²) in [5, 5.41) is 5.16. The van der Waals surface area contributed by atoms with Crippen LogP contribution in [0.15, 0.2) is 182 Å². The summed E-state index contributed by atoms with van der Waals surface area (Å²) in [6.45, 7) is 2.35. The average Bonchev–Trinajstić information content (AvgIpc) is 3.94. The van der Waals surface area contributed by atoms with E-state index in [9.17, 15) is 0 Å². The molecule has 3 heterocycles. The van der Waals surface area contributed by atoms with Crippen molar-refractivity contribution in [2.45, 2.75) is 32.1 Å². The molecule has 0 spiro atoms. The predicted octanol–water partition coefficient (Wildman–Crippen LogP) is 14.6. The largest absolute Gasteiger partial charge is 0.313 e. The van der Waals surface area contributed by atoms with Gasteiger partial charge in [-0.15, -0.1) is 0 Å². The van der Waals surface area contributed by atoms with Gasteiger partial charge in [-0.2, -0.15) is 0 Å². The monoisotopic (exact) mass is 758 g/mol. The van der Waals surface area contributed by atoms with E-state index in [1.54, 1.807) is 0 Å². The van der Waals surface area contributed by atoms with Gasteiger partial charge >= 0.3 is 0 Å². The summed E-state index contributed by atoms with van der Waals surface area (Å²) in [4.78, 5) is 2.39.